The van der Waals surface area contributed by atoms with Crippen LogP contribution >= 0.6 is 0 Å². The summed E-state index contributed by atoms with van der Waals surface area (Å²) in [6.45, 7) is 0. The second kappa shape index (κ2) is 11.0. The van der Waals surface area contributed by atoms with E-state index in [2.05, 4.69) is 42.5 Å². The van der Waals surface area contributed by atoms with Gasteiger partial charge in [0.1, 0.15) is 11.5 Å². The number of carbonyl (C=O) groups is 1. The summed E-state index contributed by atoms with van der Waals surface area (Å²) in [4.78, 5) is 15.1. The average Bonchev–Trinajstić information content (AvgIpc) is 2.87. The van der Waals surface area contributed by atoms with Gasteiger partial charge in [-0.2, -0.15) is 0 Å². The number of nitrogens with zero attached hydrogens (tertiary/aromatic N) is 1. The molecule has 4 nitrogen and oxygen atoms in total. The molecule has 4 heteroatoms. The Morgan fingerprint density at radius 2 is 1.33 bits per heavy atom. The first kappa shape index (κ1) is 22.9. The van der Waals surface area contributed by atoms with Gasteiger partial charge in [-0.1, -0.05) is 61.7 Å². The summed E-state index contributed by atoms with van der Waals surface area (Å²) in [5, 5.41) is 0. The number of anilines is 1. The van der Waals surface area contributed by atoms with Crippen molar-refractivity contribution in [2.75, 3.05) is 19.1 Å². The number of hydrogen-bond donors (Lipinski definition) is 0. The molecule has 0 bridgehead atoms. The van der Waals surface area contributed by atoms with Crippen molar-refractivity contribution in [3.63, 3.8) is 0 Å². The molecule has 1 heterocycles. The molecule has 0 spiro atoms. The summed E-state index contributed by atoms with van der Waals surface area (Å²) >= 11 is 0. The molecule has 0 unspecified atom stereocenters. The summed E-state index contributed by atoms with van der Waals surface area (Å²) in [6, 6.07) is 26.6. The summed E-state index contributed by atoms with van der Waals surface area (Å²) in [5.41, 5.74) is 3.47. The summed E-state index contributed by atoms with van der Waals surface area (Å²) in [7, 11) is 3.33. The quantitative estimate of drug-likeness (QED) is 0.247. The van der Waals surface area contributed by atoms with Crippen LogP contribution in [0.3, 0.4) is 0 Å². The Morgan fingerprint density at radius 1 is 0.727 bits per heavy atom. The van der Waals surface area contributed by atoms with Gasteiger partial charge in [-0.05, 0) is 66.8 Å². The minimum absolute atomic E-state index is 0.0228. The molecular formula is C29H33NO3. The molecule has 1 amide bonds. The molecule has 0 aromatic heterocycles. The smallest absolute Gasteiger partial charge is 0.233 e. The van der Waals surface area contributed by atoms with Crippen molar-refractivity contribution in [1.82, 2.24) is 0 Å². The van der Waals surface area contributed by atoms with Crippen LogP contribution in [0.1, 0.15) is 49.3 Å². The highest BCUT2D eigenvalue weighted by Gasteiger charge is 2.48. The van der Waals surface area contributed by atoms with Gasteiger partial charge in [-0.25, -0.2) is 0 Å². The van der Waals surface area contributed by atoms with E-state index < -0.39 is 0 Å². The van der Waals surface area contributed by atoms with Crippen molar-refractivity contribution < 1.29 is 14.3 Å². The molecule has 1 fully saturated rings. The largest absolute Gasteiger partial charge is 0.497 e. The van der Waals surface area contributed by atoms with Crippen LogP contribution in [0.15, 0.2) is 78.9 Å². The fourth-order valence-corrected chi connectivity index (χ4v) is 4.73. The van der Waals surface area contributed by atoms with Gasteiger partial charge >= 0.3 is 0 Å². The molecule has 3 aromatic carbocycles. The number of ether oxygens (including phenoxy) is 2. The van der Waals surface area contributed by atoms with Crippen LogP contribution < -0.4 is 14.4 Å². The van der Waals surface area contributed by atoms with Crippen LogP contribution in [-0.4, -0.2) is 20.1 Å². The van der Waals surface area contributed by atoms with E-state index in [4.69, 9.17) is 9.47 Å². The summed E-state index contributed by atoms with van der Waals surface area (Å²) in [5.74, 6) is 1.86. The lowest BCUT2D eigenvalue weighted by Crippen LogP contribution is -2.55. The number of β-lactam (4-membered cyclic amide) rings is 1. The van der Waals surface area contributed by atoms with E-state index >= 15 is 0 Å². The highest BCUT2D eigenvalue weighted by molar-refractivity contribution is 6.03. The van der Waals surface area contributed by atoms with Crippen LogP contribution in [0.25, 0.3) is 0 Å². The average molecular weight is 444 g/mol. The van der Waals surface area contributed by atoms with E-state index in [0.29, 0.717) is 0 Å². The third-order valence-corrected chi connectivity index (χ3v) is 6.60. The van der Waals surface area contributed by atoms with Crippen molar-refractivity contribution in [3.8, 4) is 11.5 Å². The first-order valence-corrected chi connectivity index (χ1v) is 11.9. The third-order valence-electron chi connectivity index (χ3n) is 6.60. The van der Waals surface area contributed by atoms with Gasteiger partial charge in [-0.3, -0.25) is 4.79 Å². The number of aryl methyl sites for hydroxylation is 1. The number of amides is 1. The molecule has 0 N–H and O–H groups in total. The number of rotatable bonds is 11. The summed E-state index contributed by atoms with van der Waals surface area (Å²) < 4.78 is 10.6. The molecule has 4 rings (SSSR count). The van der Waals surface area contributed by atoms with E-state index in [9.17, 15) is 4.79 Å². The van der Waals surface area contributed by atoms with Crippen molar-refractivity contribution in [1.29, 1.82) is 0 Å². The topological polar surface area (TPSA) is 38.8 Å². The lowest BCUT2D eigenvalue weighted by Gasteiger charge is -2.47. The second-order valence-corrected chi connectivity index (χ2v) is 8.67. The van der Waals surface area contributed by atoms with Gasteiger partial charge in [0.25, 0.3) is 0 Å². The fraction of sp³-hybridized carbons (Fsp3) is 0.345. The molecule has 1 aliphatic rings. The third kappa shape index (κ3) is 5.39. The molecule has 1 aliphatic heterocycles. The Balaban J connectivity index is 1.38. The van der Waals surface area contributed by atoms with Crippen molar-refractivity contribution in [2.45, 2.75) is 44.6 Å². The molecule has 0 aliphatic carbocycles. The zero-order chi connectivity index (χ0) is 23.0. The zero-order valence-corrected chi connectivity index (χ0v) is 19.6. The van der Waals surface area contributed by atoms with E-state index in [1.807, 2.05) is 41.3 Å². The number of carbonyl (C=O) groups excluding carboxylic acids is 1. The Kier molecular flexibility index (Phi) is 7.66. The van der Waals surface area contributed by atoms with Crippen LogP contribution in [0, 0.1) is 5.92 Å². The van der Waals surface area contributed by atoms with Crippen LogP contribution in [0.4, 0.5) is 5.69 Å². The fourth-order valence-electron chi connectivity index (χ4n) is 4.73. The molecule has 33 heavy (non-hydrogen) atoms. The van der Waals surface area contributed by atoms with E-state index in [0.717, 1.165) is 48.4 Å². The first-order valence-electron chi connectivity index (χ1n) is 11.9. The van der Waals surface area contributed by atoms with Gasteiger partial charge in [0.15, 0.2) is 0 Å². The minimum Gasteiger partial charge on any atom is -0.497 e. The second-order valence-electron chi connectivity index (χ2n) is 8.67. The molecule has 3 aromatic rings. The van der Waals surface area contributed by atoms with Crippen LogP contribution in [-0.2, 0) is 11.2 Å². The maximum atomic E-state index is 13.2. The lowest BCUT2D eigenvalue weighted by molar-refractivity contribution is -0.130. The first-order chi connectivity index (χ1) is 16.2. The normalized spacial score (nSPS) is 17.5. The van der Waals surface area contributed by atoms with Gasteiger partial charge in [0.05, 0.1) is 26.2 Å². The highest BCUT2D eigenvalue weighted by atomic mass is 16.5. The van der Waals surface area contributed by atoms with E-state index in [1.54, 1.807) is 14.2 Å². The van der Waals surface area contributed by atoms with Gasteiger partial charge in [0, 0.05) is 5.69 Å². The maximum Gasteiger partial charge on any atom is 0.233 e. The van der Waals surface area contributed by atoms with Crippen LogP contribution in [0.2, 0.25) is 0 Å². The van der Waals surface area contributed by atoms with E-state index in [1.165, 1.54) is 18.4 Å². The van der Waals surface area contributed by atoms with Gasteiger partial charge in [-0.15, -0.1) is 0 Å². The van der Waals surface area contributed by atoms with Crippen molar-refractivity contribution in [3.05, 3.63) is 90.0 Å². The molecule has 2 atom stereocenters. The molecule has 172 valence electrons. The molecular weight excluding hydrogens is 410 g/mol. The monoisotopic (exact) mass is 443 g/mol. The number of benzene rings is 3. The van der Waals surface area contributed by atoms with Gasteiger partial charge in [0.2, 0.25) is 5.91 Å². The standard InChI is InChI=1S/C29H33NO3/c1-32-25-18-14-23(15-19-25)28-27(13-9-4-3-6-10-22-11-7-5-8-12-22)29(31)30(28)24-16-20-26(33-2)21-17-24/h5,7-8,11-12,14-21,27-28H,3-4,6,9-10,13H2,1-2H3/t27-,28-/m1/s1. The Labute approximate surface area is 197 Å². The molecule has 0 radical (unpaired) electrons. The van der Waals surface area contributed by atoms with Crippen molar-refractivity contribution >= 4 is 11.6 Å². The molecule has 1 saturated heterocycles. The number of hydrogen-bond acceptors (Lipinski definition) is 3. The predicted octanol–water partition coefficient (Wildman–Crippen LogP) is 6.60. The Hall–Kier alpha value is -3.27. The molecule has 0 saturated carbocycles. The summed E-state index contributed by atoms with van der Waals surface area (Å²) in [6.07, 6.45) is 6.69. The van der Waals surface area contributed by atoms with E-state index in [-0.39, 0.29) is 17.9 Å². The van der Waals surface area contributed by atoms with Crippen LogP contribution in [0.5, 0.6) is 11.5 Å². The zero-order valence-electron chi connectivity index (χ0n) is 19.6. The Morgan fingerprint density at radius 3 is 1.97 bits per heavy atom. The van der Waals surface area contributed by atoms with Crippen molar-refractivity contribution in [2.24, 2.45) is 5.92 Å². The minimum atomic E-state index is 0.0228. The highest BCUT2D eigenvalue weighted by Crippen LogP contribution is 2.46. The maximum absolute atomic E-state index is 13.2. The Bertz CT molecular complexity index is 1010. The number of methoxy groups -OCH3 is 2. The SMILES string of the molecule is COc1ccc([C@@H]2[C@@H](CCCCCCc3ccccc3)C(=O)N2c2ccc(OC)cc2)cc1. The van der Waals surface area contributed by atoms with Gasteiger partial charge < -0.3 is 14.4 Å². The lowest BCUT2D eigenvalue weighted by atomic mass is 9.78. The number of unbranched alkanes of at least 4 members (excludes halogenated alkanes) is 3. The predicted molar refractivity (Wildman–Crippen MR) is 133 cm³/mol.